The maximum atomic E-state index is 13.7. The summed E-state index contributed by atoms with van der Waals surface area (Å²) in [6.07, 6.45) is 3.92. The Bertz CT molecular complexity index is 766. The van der Waals surface area contributed by atoms with Gasteiger partial charge in [-0.3, -0.25) is 4.99 Å². The molecule has 2 heterocycles. The standard InChI is InChI=1S/C19H24F2N6.HI/c1-2-22-18(25-9-6-15-4-5-16(20)14-17(15)21)26-10-12-27(13-11-26)19-23-7-3-8-24-19;/h3-5,7-8,14H,2,6,9-13H2,1H3,(H,22,25);1H. The van der Waals surface area contributed by atoms with Gasteiger partial charge in [0.05, 0.1) is 0 Å². The van der Waals surface area contributed by atoms with Crippen LogP contribution in [0.25, 0.3) is 0 Å². The van der Waals surface area contributed by atoms with Crippen LogP contribution in [0, 0.1) is 11.6 Å². The Morgan fingerprint density at radius 3 is 2.50 bits per heavy atom. The van der Waals surface area contributed by atoms with E-state index in [4.69, 9.17) is 0 Å². The largest absolute Gasteiger partial charge is 0.357 e. The summed E-state index contributed by atoms with van der Waals surface area (Å²) < 4.78 is 26.7. The van der Waals surface area contributed by atoms with Crippen molar-refractivity contribution < 1.29 is 8.78 Å². The van der Waals surface area contributed by atoms with Gasteiger partial charge in [0.2, 0.25) is 5.95 Å². The molecule has 0 atom stereocenters. The van der Waals surface area contributed by atoms with Crippen LogP contribution >= 0.6 is 24.0 Å². The molecule has 1 fully saturated rings. The van der Waals surface area contributed by atoms with E-state index in [1.54, 1.807) is 18.5 Å². The number of anilines is 1. The number of hydrogen-bond donors (Lipinski definition) is 1. The van der Waals surface area contributed by atoms with E-state index < -0.39 is 11.6 Å². The molecule has 152 valence electrons. The van der Waals surface area contributed by atoms with Crippen LogP contribution in [0.2, 0.25) is 0 Å². The van der Waals surface area contributed by atoms with Crippen LogP contribution in [0.4, 0.5) is 14.7 Å². The number of aliphatic imine (C=N–C) groups is 1. The van der Waals surface area contributed by atoms with E-state index in [9.17, 15) is 8.78 Å². The van der Waals surface area contributed by atoms with Crippen LogP contribution in [0.5, 0.6) is 0 Å². The van der Waals surface area contributed by atoms with Crippen LogP contribution in [-0.2, 0) is 6.42 Å². The molecule has 0 saturated carbocycles. The minimum Gasteiger partial charge on any atom is -0.357 e. The fourth-order valence-corrected chi connectivity index (χ4v) is 3.01. The summed E-state index contributed by atoms with van der Waals surface area (Å²) in [7, 11) is 0. The Labute approximate surface area is 181 Å². The first-order valence-electron chi connectivity index (χ1n) is 9.16. The molecule has 0 unspecified atom stereocenters. The smallest absolute Gasteiger partial charge is 0.225 e. The SMILES string of the molecule is CCNC(=NCCc1ccc(F)cc1F)N1CCN(c2ncccn2)CC1.I. The van der Waals surface area contributed by atoms with Crippen LogP contribution < -0.4 is 10.2 Å². The molecule has 6 nitrogen and oxygen atoms in total. The molecule has 1 aromatic heterocycles. The van der Waals surface area contributed by atoms with E-state index in [1.165, 1.54) is 12.1 Å². The maximum absolute atomic E-state index is 13.7. The highest BCUT2D eigenvalue weighted by molar-refractivity contribution is 14.0. The predicted octanol–water partition coefficient (Wildman–Crippen LogP) is 2.70. The summed E-state index contributed by atoms with van der Waals surface area (Å²) in [4.78, 5) is 17.5. The van der Waals surface area contributed by atoms with Crippen molar-refractivity contribution in [3.63, 3.8) is 0 Å². The second-order valence-electron chi connectivity index (χ2n) is 6.24. The number of nitrogens with one attached hydrogen (secondary N) is 1. The van der Waals surface area contributed by atoms with Gasteiger partial charge in [-0.15, -0.1) is 24.0 Å². The van der Waals surface area contributed by atoms with Gasteiger partial charge in [-0.1, -0.05) is 6.07 Å². The van der Waals surface area contributed by atoms with Gasteiger partial charge in [0, 0.05) is 57.7 Å². The third kappa shape index (κ3) is 5.98. The molecule has 1 aromatic carbocycles. The molecule has 1 aliphatic heterocycles. The van der Waals surface area contributed by atoms with Crippen LogP contribution in [0.15, 0.2) is 41.7 Å². The Hall–Kier alpha value is -2.04. The Morgan fingerprint density at radius 2 is 1.86 bits per heavy atom. The molecule has 0 spiro atoms. The molecular weight excluding hydrogens is 477 g/mol. The first-order valence-corrected chi connectivity index (χ1v) is 9.16. The molecule has 28 heavy (non-hydrogen) atoms. The van der Waals surface area contributed by atoms with Crippen LogP contribution in [0.1, 0.15) is 12.5 Å². The molecule has 3 rings (SSSR count). The Kier molecular flexibility index (Phi) is 8.81. The zero-order valence-corrected chi connectivity index (χ0v) is 18.1. The van der Waals surface area contributed by atoms with Crippen molar-refractivity contribution in [2.75, 3.05) is 44.2 Å². The lowest BCUT2D eigenvalue weighted by Gasteiger charge is -2.36. The second kappa shape index (κ2) is 11.1. The highest BCUT2D eigenvalue weighted by Gasteiger charge is 2.21. The summed E-state index contributed by atoms with van der Waals surface area (Å²) in [6, 6.07) is 5.47. The number of nitrogens with zero attached hydrogens (tertiary/aromatic N) is 5. The van der Waals surface area contributed by atoms with Crippen molar-refractivity contribution in [3.05, 3.63) is 53.9 Å². The lowest BCUT2D eigenvalue weighted by Crippen LogP contribution is -2.53. The number of piperazine rings is 1. The molecule has 0 bridgehead atoms. The highest BCUT2D eigenvalue weighted by Crippen LogP contribution is 2.12. The molecule has 1 aliphatic rings. The summed E-state index contributed by atoms with van der Waals surface area (Å²) in [5, 5.41) is 3.29. The van der Waals surface area contributed by atoms with E-state index in [0.29, 0.717) is 18.5 Å². The second-order valence-corrected chi connectivity index (χ2v) is 6.24. The minimum absolute atomic E-state index is 0. The van der Waals surface area contributed by atoms with Crippen molar-refractivity contribution in [1.82, 2.24) is 20.2 Å². The predicted molar refractivity (Wildman–Crippen MR) is 117 cm³/mol. The van der Waals surface area contributed by atoms with E-state index in [2.05, 4.69) is 30.1 Å². The number of rotatable bonds is 5. The van der Waals surface area contributed by atoms with Crippen LogP contribution in [-0.4, -0.2) is 60.1 Å². The van der Waals surface area contributed by atoms with Gasteiger partial charge >= 0.3 is 0 Å². The van der Waals surface area contributed by atoms with Gasteiger partial charge in [0.1, 0.15) is 11.6 Å². The molecule has 1 saturated heterocycles. The van der Waals surface area contributed by atoms with E-state index in [-0.39, 0.29) is 24.0 Å². The van der Waals surface area contributed by atoms with E-state index in [0.717, 1.165) is 50.7 Å². The van der Waals surface area contributed by atoms with Crippen molar-refractivity contribution >= 4 is 35.9 Å². The normalized spacial score (nSPS) is 14.6. The van der Waals surface area contributed by atoms with E-state index in [1.807, 2.05) is 6.92 Å². The first-order chi connectivity index (χ1) is 13.2. The van der Waals surface area contributed by atoms with Crippen molar-refractivity contribution in [2.45, 2.75) is 13.3 Å². The van der Waals surface area contributed by atoms with Crippen LogP contribution in [0.3, 0.4) is 0 Å². The Balaban J connectivity index is 0.00000280. The number of benzene rings is 1. The highest BCUT2D eigenvalue weighted by atomic mass is 127. The summed E-state index contributed by atoms with van der Waals surface area (Å²) in [6.45, 7) is 6.42. The maximum Gasteiger partial charge on any atom is 0.225 e. The summed E-state index contributed by atoms with van der Waals surface area (Å²) in [5.74, 6) is 0.472. The molecule has 0 amide bonds. The molecule has 2 aromatic rings. The lowest BCUT2D eigenvalue weighted by molar-refractivity contribution is 0.370. The molecular formula is C19H25F2IN6. The average molecular weight is 502 g/mol. The Morgan fingerprint density at radius 1 is 1.14 bits per heavy atom. The number of aromatic nitrogens is 2. The number of guanidine groups is 1. The van der Waals surface area contributed by atoms with Gasteiger partial charge < -0.3 is 15.1 Å². The van der Waals surface area contributed by atoms with Crippen molar-refractivity contribution in [2.24, 2.45) is 4.99 Å². The number of hydrogen-bond acceptors (Lipinski definition) is 4. The molecule has 1 N–H and O–H groups in total. The quantitative estimate of drug-likeness (QED) is 0.387. The van der Waals surface area contributed by atoms with Gasteiger partial charge in [-0.2, -0.15) is 0 Å². The van der Waals surface area contributed by atoms with Crippen molar-refractivity contribution in [1.29, 1.82) is 0 Å². The van der Waals surface area contributed by atoms with Gasteiger partial charge in [0.25, 0.3) is 0 Å². The summed E-state index contributed by atoms with van der Waals surface area (Å²) >= 11 is 0. The third-order valence-electron chi connectivity index (χ3n) is 4.41. The first kappa shape index (κ1) is 22.3. The average Bonchev–Trinajstić information content (AvgIpc) is 2.70. The topological polar surface area (TPSA) is 56.7 Å². The lowest BCUT2D eigenvalue weighted by atomic mass is 10.1. The fourth-order valence-electron chi connectivity index (χ4n) is 3.01. The van der Waals surface area contributed by atoms with Gasteiger partial charge in [-0.25, -0.2) is 18.7 Å². The van der Waals surface area contributed by atoms with Gasteiger partial charge in [0.15, 0.2) is 5.96 Å². The molecule has 9 heteroatoms. The zero-order chi connectivity index (χ0) is 19.1. The fraction of sp³-hybridized carbons (Fsp3) is 0.421. The monoisotopic (exact) mass is 502 g/mol. The minimum atomic E-state index is -0.562. The molecule has 0 radical (unpaired) electrons. The zero-order valence-electron chi connectivity index (χ0n) is 15.8. The van der Waals surface area contributed by atoms with Gasteiger partial charge in [-0.05, 0) is 31.0 Å². The number of halogens is 3. The van der Waals surface area contributed by atoms with Crippen molar-refractivity contribution in [3.8, 4) is 0 Å². The summed E-state index contributed by atoms with van der Waals surface area (Å²) in [5.41, 5.74) is 0.474. The molecule has 0 aliphatic carbocycles. The van der Waals surface area contributed by atoms with E-state index >= 15 is 0 Å². The third-order valence-corrected chi connectivity index (χ3v) is 4.41.